The van der Waals surface area contributed by atoms with Crippen molar-refractivity contribution in [1.82, 2.24) is 4.72 Å². The van der Waals surface area contributed by atoms with Crippen LogP contribution in [0.25, 0.3) is 0 Å². The molecule has 1 aromatic rings. The number of hydrogen-bond donors (Lipinski definition) is 1. The summed E-state index contributed by atoms with van der Waals surface area (Å²) in [6, 6.07) is 5.86. The van der Waals surface area contributed by atoms with Gasteiger partial charge in [-0.05, 0) is 18.4 Å². The fourth-order valence-electron chi connectivity index (χ4n) is 1.43. The summed E-state index contributed by atoms with van der Waals surface area (Å²) in [5, 5.41) is 10.6. The number of halogens is 1. The van der Waals surface area contributed by atoms with Crippen molar-refractivity contribution in [3.8, 4) is 0 Å². The van der Waals surface area contributed by atoms with Crippen LogP contribution in [0.5, 0.6) is 0 Å². The molecule has 0 fully saturated rings. The highest BCUT2D eigenvalue weighted by Gasteiger charge is 2.11. The molecule has 0 aliphatic rings. The molecule has 0 aliphatic heterocycles. The number of nitrogens with one attached hydrogen (secondary N) is 1. The number of nitro groups is 1. The number of hydrogen-bond acceptors (Lipinski definition) is 4. The quantitative estimate of drug-likeness (QED) is 0.344. The number of nitrogens with zero attached hydrogens (tertiary/aromatic N) is 1. The Bertz CT molecular complexity index is 533. The van der Waals surface area contributed by atoms with Gasteiger partial charge in [0, 0.05) is 24.6 Å². The first kappa shape index (κ1) is 15.9. The Morgan fingerprint density at radius 1 is 1.32 bits per heavy atom. The van der Waals surface area contributed by atoms with E-state index in [1.807, 2.05) is 0 Å². The number of non-ortho nitro benzene ring substituents is 1. The molecule has 1 aromatic carbocycles. The zero-order chi connectivity index (χ0) is 14.3. The molecule has 8 heteroatoms. The second-order valence-corrected chi connectivity index (χ2v) is 6.27. The predicted octanol–water partition coefficient (Wildman–Crippen LogP) is 2.03. The minimum Gasteiger partial charge on any atom is -0.258 e. The molecule has 0 amide bonds. The molecule has 0 aromatic heterocycles. The van der Waals surface area contributed by atoms with Crippen LogP contribution in [-0.2, 0) is 16.6 Å². The maximum atomic E-state index is 11.6. The maximum absolute atomic E-state index is 11.6. The van der Waals surface area contributed by atoms with Gasteiger partial charge >= 0.3 is 0 Å². The molecule has 0 spiro atoms. The minimum atomic E-state index is -3.36. The number of alkyl halides is 1. The standard InChI is InChI=1S/C11H15ClN2O4S/c12-6-1-2-7-19(17,18)13-9-10-4-3-5-11(8-10)14(15)16/h3-5,8,13H,1-2,6-7,9H2. The van der Waals surface area contributed by atoms with Crippen LogP contribution in [-0.4, -0.2) is 25.0 Å². The van der Waals surface area contributed by atoms with Crippen molar-refractivity contribution in [1.29, 1.82) is 0 Å². The Labute approximate surface area is 117 Å². The molecule has 0 unspecified atom stereocenters. The van der Waals surface area contributed by atoms with Crippen LogP contribution < -0.4 is 4.72 Å². The maximum Gasteiger partial charge on any atom is 0.269 e. The lowest BCUT2D eigenvalue weighted by molar-refractivity contribution is -0.384. The van der Waals surface area contributed by atoms with Crippen molar-refractivity contribution >= 4 is 27.3 Å². The van der Waals surface area contributed by atoms with Gasteiger partial charge in [0.25, 0.3) is 5.69 Å². The van der Waals surface area contributed by atoms with E-state index >= 15 is 0 Å². The lowest BCUT2D eigenvalue weighted by atomic mass is 10.2. The van der Waals surface area contributed by atoms with E-state index in [-0.39, 0.29) is 18.0 Å². The van der Waals surface area contributed by atoms with Crippen LogP contribution in [0.3, 0.4) is 0 Å². The molecular formula is C11H15ClN2O4S. The van der Waals surface area contributed by atoms with Gasteiger partial charge in [0.1, 0.15) is 0 Å². The van der Waals surface area contributed by atoms with Crippen LogP contribution in [0.4, 0.5) is 5.69 Å². The summed E-state index contributed by atoms with van der Waals surface area (Å²) in [4.78, 5) is 10.1. The van der Waals surface area contributed by atoms with Crippen LogP contribution in [0, 0.1) is 10.1 Å². The number of unbranched alkanes of at least 4 members (excludes halogenated alkanes) is 1. The molecule has 1 N–H and O–H groups in total. The normalized spacial score (nSPS) is 11.4. The Hall–Kier alpha value is -1.18. The largest absolute Gasteiger partial charge is 0.269 e. The highest BCUT2D eigenvalue weighted by atomic mass is 35.5. The van der Waals surface area contributed by atoms with Gasteiger partial charge in [-0.15, -0.1) is 11.6 Å². The third kappa shape index (κ3) is 6.00. The Balaban J connectivity index is 2.56. The molecule has 19 heavy (non-hydrogen) atoms. The van der Waals surface area contributed by atoms with Gasteiger partial charge in [-0.2, -0.15) is 0 Å². The smallest absolute Gasteiger partial charge is 0.258 e. The molecule has 106 valence electrons. The second kappa shape index (κ2) is 7.42. The highest BCUT2D eigenvalue weighted by Crippen LogP contribution is 2.13. The fourth-order valence-corrected chi connectivity index (χ4v) is 2.74. The van der Waals surface area contributed by atoms with E-state index in [1.54, 1.807) is 6.07 Å². The number of rotatable bonds is 8. The molecule has 0 atom stereocenters. The molecular weight excluding hydrogens is 292 g/mol. The molecule has 1 rings (SSSR count). The summed E-state index contributed by atoms with van der Waals surface area (Å²) < 4.78 is 25.6. The fraction of sp³-hybridized carbons (Fsp3) is 0.455. The van der Waals surface area contributed by atoms with Crippen molar-refractivity contribution in [3.63, 3.8) is 0 Å². The predicted molar refractivity (Wildman–Crippen MR) is 73.7 cm³/mol. The first-order valence-electron chi connectivity index (χ1n) is 5.71. The lowest BCUT2D eigenvalue weighted by Gasteiger charge is -2.06. The van der Waals surface area contributed by atoms with E-state index in [2.05, 4.69) is 4.72 Å². The van der Waals surface area contributed by atoms with Crippen LogP contribution >= 0.6 is 11.6 Å². The van der Waals surface area contributed by atoms with Gasteiger partial charge in [-0.1, -0.05) is 12.1 Å². The molecule has 6 nitrogen and oxygen atoms in total. The van der Waals surface area contributed by atoms with E-state index in [4.69, 9.17) is 11.6 Å². The number of benzene rings is 1. The van der Waals surface area contributed by atoms with Crippen molar-refractivity contribution in [2.45, 2.75) is 19.4 Å². The van der Waals surface area contributed by atoms with Gasteiger partial charge in [-0.3, -0.25) is 10.1 Å². The summed E-state index contributed by atoms with van der Waals surface area (Å²) in [5.41, 5.74) is 0.494. The molecule has 0 aliphatic carbocycles. The highest BCUT2D eigenvalue weighted by molar-refractivity contribution is 7.89. The van der Waals surface area contributed by atoms with E-state index in [9.17, 15) is 18.5 Å². The van der Waals surface area contributed by atoms with E-state index in [0.717, 1.165) is 0 Å². The average Bonchev–Trinajstić information content (AvgIpc) is 2.37. The van der Waals surface area contributed by atoms with E-state index in [1.165, 1.54) is 18.2 Å². The van der Waals surface area contributed by atoms with Crippen molar-refractivity contribution in [3.05, 3.63) is 39.9 Å². The summed E-state index contributed by atoms with van der Waals surface area (Å²) in [6.45, 7) is 0.0465. The minimum absolute atomic E-state index is 0.00858. The Morgan fingerprint density at radius 3 is 2.68 bits per heavy atom. The lowest BCUT2D eigenvalue weighted by Crippen LogP contribution is -2.26. The SMILES string of the molecule is O=[N+]([O-])c1cccc(CNS(=O)(=O)CCCCCl)c1. The zero-order valence-electron chi connectivity index (χ0n) is 10.2. The van der Waals surface area contributed by atoms with Crippen molar-refractivity contribution < 1.29 is 13.3 Å². The molecule has 0 radical (unpaired) electrons. The van der Waals surface area contributed by atoms with Gasteiger partial charge in [0.2, 0.25) is 10.0 Å². The number of sulfonamides is 1. The summed E-state index contributed by atoms with van der Waals surface area (Å²) in [5.74, 6) is 0.440. The summed E-state index contributed by atoms with van der Waals surface area (Å²) in [6.07, 6.45) is 1.13. The van der Waals surface area contributed by atoms with Crippen molar-refractivity contribution in [2.24, 2.45) is 0 Å². The molecule has 0 saturated carbocycles. The number of nitro benzene ring substituents is 1. The van der Waals surface area contributed by atoms with Gasteiger partial charge in [0.15, 0.2) is 0 Å². The third-order valence-electron chi connectivity index (χ3n) is 2.41. The van der Waals surface area contributed by atoms with Gasteiger partial charge in [-0.25, -0.2) is 13.1 Å². The first-order valence-corrected chi connectivity index (χ1v) is 7.90. The Kier molecular flexibility index (Phi) is 6.20. The summed E-state index contributed by atoms with van der Waals surface area (Å²) in [7, 11) is -3.36. The monoisotopic (exact) mass is 306 g/mol. The van der Waals surface area contributed by atoms with Crippen LogP contribution in [0.2, 0.25) is 0 Å². The Morgan fingerprint density at radius 2 is 2.05 bits per heavy atom. The van der Waals surface area contributed by atoms with Crippen molar-refractivity contribution in [2.75, 3.05) is 11.6 Å². The van der Waals surface area contributed by atoms with E-state index < -0.39 is 14.9 Å². The summed E-state index contributed by atoms with van der Waals surface area (Å²) >= 11 is 5.47. The first-order chi connectivity index (χ1) is 8.94. The zero-order valence-corrected chi connectivity index (χ0v) is 11.8. The molecule has 0 bridgehead atoms. The molecule has 0 heterocycles. The third-order valence-corrected chi connectivity index (χ3v) is 4.09. The topological polar surface area (TPSA) is 89.3 Å². The van der Waals surface area contributed by atoms with Crippen LogP contribution in [0.15, 0.2) is 24.3 Å². The van der Waals surface area contributed by atoms with E-state index in [0.29, 0.717) is 24.3 Å². The second-order valence-electron chi connectivity index (χ2n) is 3.96. The van der Waals surface area contributed by atoms with Crippen LogP contribution in [0.1, 0.15) is 18.4 Å². The van der Waals surface area contributed by atoms with Gasteiger partial charge < -0.3 is 0 Å². The average molecular weight is 307 g/mol. The molecule has 0 saturated heterocycles. The van der Waals surface area contributed by atoms with Gasteiger partial charge in [0.05, 0.1) is 10.7 Å².